The Morgan fingerprint density at radius 3 is 1.39 bits per heavy atom. The molecule has 1 aliphatic rings. The Bertz CT molecular complexity index is 4100. The Morgan fingerprint density at radius 1 is 0.440 bits per heavy atom. The van der Waals surface area contributed by atoms with E-state index in [4.69, 9.17) is 20.8 Å². The lowest BCUT2D eigenvalue weighted by atomic mass is 9.78. The second-order valence-corrected chi connectivity index (χ2v) is 20.9. The summed E-state index contributed by atoms with van der Waals surface area (Å²) in [6.45, 7) is 15.9. The minimum absolute atomic E-state index is 0. The molecule has 0 bridgehead atoms. The van der Waals surface area contributed by atoms with Gasteiger partial charge in [0.1, 0.15) is 0 Å². The average Bonchev–Trinajstić information content (AvgIpc) is 4.00. The summed E-state index contributed by atoms with van der Waals surface area (Å²) in [5.41, 5.74) is 25.6. The van der Waals surface area contributed by atoms with Crippen LogP contribution in [0.25, 0.3) is 99.8 Å². The van der Waals surface area contributed by atoms with E-state index in [9.17, 15) is 0 Å². The first kappa shape index (κ1) is 50.4. The van der Waals surface area contributed by atoms with E-state index in [1.807, 2.05) is 48.6 Å². The van der Waals surface area contributed by atoms with Gasteiger partial charge in [0.15, 0.2) is 0 Å². The third-order valence-corrected chi connectivity index (χ3v) is 15.2. The number of anilines is 2. The van der Waals surface area contributed by atoms with Crippen molar-refractivity contribution in [2.24, 2.45) is 0 Å². The first-order chi connectivity index (χ1) is 35.8. The Morgan fingerprint density at radius 2 is 0.853 bits per heavy atom. The summed E-state index contributed by atoms with van der Waals surface area (Å²) in [5.74, 6) is 0. The molecule has 1 saturated heterocycles. The van der Waals surface area contributed by atoms with Crippen LogP contribution >= 0.6 is 15.9 Å². The number of para-hydroxylation sites is 2. The highest BCUT2D eigenvalue weighted by Crippen LogP contribution is 2.39. The van der Waals surface area contributed by atoms with Crippen LogP contribution in [0.3, 0.4) is 0 Å². The first-order valence-corrected chi connectivity index (χ1v) is 25.7. The molecule has 10 aromatic carbocycles. The zero-order valence-electron chi connectivity index (χ0n) is 43.0. The summed E-state index contributed by atoms with van der Waals surface area (Å²) >= 11 is 3.58. The van der Waals surface area contributed by atoms with Crippen LogP contribution in [0.15, 0.2) is 224 Å². The molecule has 0 unspecified atom stereocenters. The maximum atomic E-state index is 6.08. The fourth-order valence-electron chi connectivity index (χ4n) is 10.0. The fourth-order valence-corrected chi connectivity index (χ4v) is 10.4. The largest absolute Gasteiger partial charge is 0.494 e. The van der Waals surface area contributed by atoms with Gasteiger partial charge >= 0.3 is 7.12 Å². The maximum Gasteiger partial charge on any atom is 0.494 e. The SMILES string of the molecule is C=Cc1ccc(-n2c3ccccc3c3cc(-c4ccc5cc(N)ccc5c4)ccc32)cc1.C=Cc1ccc(-n2c3ccccc3c3cc(Br)ccc32)cc1.CC1(C)OB(c2ccc3cc(N)ccc3c2)OC1(C)C.[CH3-]. The van der Waals surface area contributed by atoms with Crippen molar-refractivity contribution in [3.8, 4) is 22.5 Å². The van der Waals surface area contributed by atoms with E-state index in [0.29, 0.717) is 0 Å². The van der Waals surface area contributed by atoms with Gasteiger partial charge in [0.2, 0.25) is 0 Å². The fraction of sp³-hybridized carbons (Fsp3) is 0.0896. The number of rotatable bonds is 6. The van der Waals surface area contributed by atoms with Crippen molar-refractivity contribution in [1.82, 2.24) is 9.13 Å². The minimum atomic E-state index is -0.318. The maximum absolute atomic E-state index is 6.08. The van der Waals surface area contributed by atoms with E-state index in [0.717, 1.165) is 54.3 Å². The van der Waals surface area contributed by atoms with Gasteiger partial charge in [0, 0.05) is 48.8 Å². The number of hydrogen-bond donors (Lipinski definition) is 2. The van der Waals surface area contributed by atoms with Crippen molar-refractivity contribution in [3.05, 3.63) is 242 Å². The van der Waals surface area contributed by atoms with Gasteiger partial charge in [-0.15, -0.1) is 0 Å². The van der Waals surface area contributed by atoms with Crippen LogP contribution < -0.4 is 16.9 Å². The predicted octanol–water partition coefficient (Wildman–Crippen LogP) is 17.2. The van der Waals surface area contributed by atoms with E-state index in [-0.39, 0.29) is 25.7 Å². The summed E-state index contributed by atoms with van der Waals surface area (Å²) in [4.78, 5) is 0. The minimum Gasteiger partial charge on any atom is -0.399 e. The number of aromatic nitrogens is 2. The van der Waals surface area contributed by atoms with E-state index in [2.05, 4.69) is 236 Å². The standard InChI is InChI=1S/C30H22N2.C20H14BrN.C16H20BNO2.CH3/c1-2-20-7-14-26(15-8-20)32-29-6-4-3-5-27(29)28-19-24(12-16-30(28)32)21-9-10-23-18-25(31)13-11-22(23)17-21;1-2-14-7-10-16(11-8-14)22-19-6-4-3-5-17(19)18-13-15(21)9-12-20(18)22;1-15(2)16(3,4)20-17(19-15)13-7-5-12-10-14(18)8-6-11(12)9-13;/h2-19H,1,31H2;2-13H,1H2;5-10H,18H2,1-4H3;1H3/q;;;-1. The van der Waals surface area contributed by atoms with Crippen LogP contribution in [-0.4, -0.2) is 27.5 Å². The molecule has 2 aromatic heterocycles. The van der Waals surface area contributed by atoms with Gasteiger partial charge in [0.05, 0.1) is 33.3 Å². The van der Waals surface area contributed by atoms with Crippen LogP contribution in [-0.2, 0) is 9.31 Å². The Hall–Kier alpha value is -8.14. The van der Waals surface area contributed by atoms with Crippen LogP contribution in [0.4, 0.5) is 11.4 Å². The number of halogens is 1. The van der Waals surface area contributed by atoms with Crippen LogP contribution in [0.1, 0.15) is 38.8 Å². The molecule has 0 atom stereocenters. The number of nitrogen functional groups attached to an aromatic ring is 2. The number of nitrogens with two attached hydrogens (primary N) is 2. The van der Waals surface area contributed by atoms with E-state index in [1.165, 1.54) is 65.8 Å². The molecule has 0 spiro atoms. The van der Waals surface area contributed by atoms with Crippen LogP contribution in [0.2, 0.25) is 0 Å². The van der Waals surface area contributed by atoms with Gasteiger partial charge in [-0.25, -0.2) is 0 Å². The van der Waals surface area contributed by atoms with Gasteiger partial charge in [0.25, 0.3) is 0 Å². The van der Waals surface area contributed by atoms with E-state index in [1.54, 1.807) is 0 Å². The van der Waals surface area contributed by atoms with Crippen LogP contribution in [0, 0.1) is 7.43 Å². The molecule has 0 amide bonds. The molecule has 4 N–H and O–H groups in total. The quantitative estimate of drug-likeness (QED) is 0.0988. The molecule has 0 saturated carbocycles. The monoisotopic (exact) mass is 1040 g/mol. The van der Waals surface area contributed by atoms with E-state index >= 15 is 0 Å². The molecule has 8 heteroatoms. The molecule has 3 heterocycles. The second-order valence-electron chi connectivity index (χ2n) is 20.0. The number of fused-ring (bicyclic) bond motifs is 8. The highest BCUT2D eigenvalue weighted by molar-refractivity contribution is 9.10. The molecule has 1 fully saturated rings. The Kier molecular flexibility index (Phi) is 13.6. The highest BCUT2D eigenvalue weighted by atomic mass is 79.9. The van der Waals surface area contributed by atoms with E-state index < -0.39 is 0 Å². The van der Waals surface area contributed by atoms with Gasteiger partial charge in [-0.1, -0.05) is 150 Å². The normalized spacial score (nSPS) is 13.6. The van der Waals surface area contributed by atoms with Crippen molar-refractivity contribution < 1.29 is 9.31 Å². The highest BCUT2D eigenvalue weighted by Gasteiger charge is 2.51. The second kappa shape index (κ2) is 20.3. The topological polar surface area (TPSA) is 80.4 Å². The molecule has 370 valence electrons. The summed E-state index contributed by atoms with van der Waals surface area (Å²) in [6.07, 6.45) is 3.74. The summed E-state index contributed by atoms with van der Waals surface area (Å²) in [7, 11) is -0.318. The zero-order valence-corrected chi connectivity index (χ0v) is 44.6. The molecular formula is C67H59BBrN4O2-. The molecule has 0 radical (unpaired) electrons. The lowest BCUT2D eigenvalue weighted by Crippen LogP contribution is -2.41. The van der Waals surface area contributed by atoms with Gasteiger partial charge in [-0.3, -0.25) is 0 Å². The third kappa shape index (κ3) is 9.65. The van der Waals surface area contributed by atoms with Crippen molar-refractivity contribution in [1.29, 1.82) is 0 Å². The average molecular weight is 1040 g/mol. The Labute approximate surface area is 448 Å². The zero-order chi connectivity index (χ0) is 51.3. The van der Waals surface area contributed by atoms with Crippen molar-refractivity contribution in [2.45, 2.75) is 38.9 Å². The van der Waals surface area contributed by atoms with Gasteiger partial charge < -0.3 is 37.3 Å². The Balaban J connectivity index is 0.000000132. The third-order valence-electron chi connectivity index (χ3n) is 14.7. The molecule has 13 rings (SSSR count). The van der Waals surface area contributed by atoms with Gasteiger partial charge in [-0.05, 0) is 174 Å². The number of nitrogens with zero attached hydrogens (tertiary/aromatic N) is 2. The smallest absolute Gasteiger partial charge is 0.399 e. The van der Waals surface area contributed by atoms with Gasteiger partial charge in [-0.2, -0.15) is 0 Å². The number of benzene rings is 10. The predicted molar refractivity (Wildman–Crippen MR) is 327 cm³/mol. The first-order valence-electron chi connectivity index (χ1n) is 24.9. The number of hydrogen-bond acceptors (Lipinski definition) is 4. The summed E-state index contributed by atoms with van der Waals surface area (Å²) < 4.78 is 17.9. The lowest BCUT2D eigenvalue weighted by molar-refractivity contribution is 0.00578. The molecule has 1 aliphatic heterocycles. The molecule has 75 heavy (non-hydrogen) atoms. The molecule has 0 aliphatic carbocycles. The molecule has 12 aromatic rings. The van der Waals surface area contributed by atoms with Crippen molar-refractivity contribution >= 4 is 117 Å². The van der Waals surface area contributed by atoms with Crippen molar-refractivity contribution in [2.75, 3.05) is 11.5 Å². The molecular weight excluding hydrogens is 983 g/mol. The summed E-state index contributed by atoms with van der Waals surface area (Å²) in [6, 6.07) is 72.1. The van der Waals surface area contributed by atoms with Crippen molar-refractivity contribution in [3.63, 3.8) is 0 Å². The molecule has 6 nitrogen and oxygen atoms in total. The summed E-state index contributed by atoms with van der Waals surface area (Å²) in [5, 5.41) is 9.67. The lowest BCUT2D eigenvalue weighted by Gasteiger charge is -2.32. The van der Waals surface area contributed by atoms with Crippen LogP contribution in [0.5, 0.6) is 0 Å².